The molecule has 2 heterocycles. The molecular weight excluding hydrogens is 340 g/mol. The Kier molecular flexibility index (Phi) is 4.82. The van der Waals surface area contributed by atoms with Crippen LogP contribution in [0, 0.1) is 0 Å². The van der Waals surface area contributed by atoms with Gasteiger partial charge in [0.25, 0.3) is 0 Å². The minimum absolute atomic E-state index is 0.249. The van der Waals surface area contributed by atoms with Gasteiger partial charge in [-0.2, -0.15) is 0 Å². The average Bonchev–Trinajstić information content (AvgIpc) is 3.17. The van der Waals surface area contributed by atoms with Crippen LogP contribution in [0.1, 0.15) is 11.3 Å². The molecule has 0 bridgehead atoms. The monoisotopic (exact) mass is 360 g/mol. The Hall–Kier alpha value is -3.61. The van der Waals surface area contributed by atoms with Crippen molar-refractivity contribution >= 4 is 28.9 Å². The lowest BCUT2D eigenvalue weighted by Gasteiger charge is -2.12. The van der Waals surface area contributed by atoms with Crippen LogP contribution < -0.4 is 21.3 Å². The van der Waals surface area contributed by atoms with Gasteiger partial charge in [0.05, 0.1) is 11.4 Å². The summed E-state index contributed by atoms with van der Waals surface area (Å²) in [5.41, 5.74) is 4.54. The van der Waals surface area contributed by atoms with Crippen LogP contribution in [0.4, 0.5) is 27.7 Å². The highest BCUT2D eigenvalue weighted by atomic mass is 16.2. The van der Waals surface area contributed by atoms with E-state index in [4.69, 9.17) is 0 Å². The Morgan fingerprint density at radius 3 is 2.78 bits per heavy atom. The standard InChI is InChI=1S/C20H20N6O/c27-20(22-12-14-5-2-1-3-6-14)26-16-8-4-7-15(11-16)25-19-18-17(9-10-21-18)23-13-24-19/h1-8,11,13,21H,9-10,12H2,(H2,22,26,27)(H,23,24,25). The van der Waals surface area contributed by atoms with E-state index in [0.29, 0.717) is 12.2 Å². The summed E-state index contributed by atoms with van der Waals surface area (Å²) in [5, 5.41) is 12.3. The maximum absolute atomic E-state index is 12.1. The molecule has 7 nitrogen and oxygen atoms in total. The van der Waals surface area contributed by atoms with Crippen molar-refractivity contribution in [1.82, 2.24) is 15.3 Å². The van der Waals surface area contributed by atoms with E-state index in [1.165, 1.54) is 0 Å². The molecule has 2 aromatic carbocycles. The van der Waals surface area contributed by atoms with E-state index >= 15 is 0 Å². The third kappa shape index (κ3) is 4.14. The second-order valence-corrected chi connectivity index (χ2v) is 6.22. The molecule has 4 rings (SSSR count). The minimum atomic E-state index is -0.249. The zero-order chi connectivity index (χ0) is 18.5. The van der Waals surface area contributed by atoms with E-state index in [0.717, 1.165) is 41.4 Å². The van der Waals surface area contributed by atoms with Crippen LogP contribution >= 0.6 is 0 Å². The summed E-state index contributed by atoms with van der Waals surface area (Å²) in [4.78, 5) is 20.7. The number of aromatic nitrogens is 2. The number of nitrogens with one attached hydrogen (secondary N) is 4. The number of fused-ring (bicyclic) bond motifs is 1. The van der Waals surface area contributed by atoms with Crippen LogP contribution in [0.3, 0.4) is 0 Å². The van der Waals surface area contributed by atoms with Crippen molar-refractivity contribution < 1.29 is 4.79 Å². The molecule has 0 spiro atoms. The summed E-state index contributed by atoms with van der Waals surface area (Å²) in [6.45, 7) is 1.34. The van der Waals surface area contributed by atoms with Gasteiger partial charge in [-0.15, -0.1) is 0 Å². The molecule has 27 heavy (non-hydrogen) atoms. The van der Waals surface area contributed by atoms with Crippen molar-refractivity contribution in [3.8, 4) is 0 Å². The molecule has 3 aromatic rings. The first-order valence-corrected chi connectivity index (χ1v) is 8.81. The highest BCUT2D eigenvalue weighted by molar-refractivity contribution is 5.90. The van der Waals surface area contributed by atoms with Crippen LogP contribution in [0.15, 0.2) is 60.9 Å². The SMILES string of the molecule is O=C(NCc1ccccc1)Nc1cccc(Nc2ncnc3c2NCC3)c1. The maximum atomic E-state index is 12.1. The topological polar surface area (TPSA) is 91.0 Å². The fourth-order valence-corrected chi connectivity index (χ4v) is 2.96. The van der Waals surface area contributed by atoms with Crippen LogP contribution in [-0.2, 0) is 13.0 Å². The molecule has 136 valence electrons. The van der Waals surface area contributed by atoms with Crippen LogP contribution in [-0.4, -0.2) is 22.5 Å². The molecule has 4 N–H and O–H groups in total. The molecule has 0 saturated heterocycles. The van der Waals surface area contributed by atoms with Gasteiger partial charge >= 0.3 is 6.03 Å². The quantitative estimate of drug-likeness (QED) is 0.559. The molecule has 0 radical (unpaired) electrons. The fraction of sp³-hybridized carbons (Fsp3) is 0.150. The minimum Gasteiger partial charge on any atom is -0.380 e. The van der Waals surface area contributed by atoms with Crippen molar-refractivity contribution in [1.29, 1.82) is 0 Å². The smallest absolute Gasteiger partial charge is 0.319 e. The van der Waals surface area contributed by atoms with Gasteiger partial charge in [-0.3, -0.25) is 0 Å². The predicted molar refractivity (Wildman–Crippen MR) is 106 cm³/mol. The summed E-state index contributed by atoms with van der Waals surface area (Å²) in [5.74, 6) is 0.739. The molecule has 0 fully saturated rings. The third-order valence-electron chi connectivity index (χ3n) is 4.27. The Morgan fingerprint density at radius 1 is 1.04 bits per heavy atom. The van der Waals surface area contributed by atoms with Crippen LogP contribution in [0.2, 0.25) is 0 Å². The van der Waals surface area contributed by atoms with Crippen LogP contribution in [0.25, 0.3) is 0 Å². The van der Waals surface area contributed by atoms with E-state index < -0.39 is 0 Å². The first-order chi connectivity index (χ1) is 13.3. The molecule has 0 unspecified atom stereocenters. The highest BCUT2D eigenvalue weighted by Gasteiger charge is 2.16. The first-order valence-electron chi connectivity index (χ1n) is 8.81. The van der Waals surface area contributed by atoms with Gasteiger partial charge in [0.2, 0.25) is 0 Å². The highest BCUT2D eigenvalue weighted by Crippen LogP contribution is 2.29. The van der Waals surface area contributed by atoms with Crippen molar-refractivity contribution in [2.75, 3.05) is 22.5 Å². The summed E-state index contributed by atoms with van der Waals surface area (Å²) in [6, 6.07) is 17.1. The summed E-state index contributed by atoms with van der Waals surface area (Å²) in [7, 11) is 0. The molecule has 0 atom stereocenters. The number of hydrogen-bond acceptors (Lipinski definition) is 5. The van der Waals surface area contributed by atoms with Crippen molar-refractivity contribution in [2.24, 2.45) is 0 Å². The molecule has 1 aliphatic heterocycles. The Bertz CT molecular complexity index is 944. The van der Waals surface area contributed by atoms with Gasteiger partial charge in [0, 0.05) is 30.9 Å². The average molecular weight is 360 g/mol. The molecule has 1 aromatic heterocycles. The van der Waals surface area contributed by atoms with E-state index in [-0.39, 0.29) is 6.03 Å². The first kappa shape index (κ1) is 16.8. The van der Waals surface area contributed by atoms with Crippen LogP contribution in [0.5, 0.6) is 0 Å². The van der Waals surface area contributed by atoms with Crippen molar-refractivity contribution in [2.45, 2.75) is 13.0 Å². The number of nitrogens with zero attached hydrogens (tertiary/aromatic N) is 2. The largest absolute Gasteiger partial charge is 0.380 e. The number of benzene rings is 2. The van der Waals surface area contributed by atoms with E-state index in [2.05, 4.69) is 31.2 Å². The summed E-state index contributed by atoms with van der Waals surface area (Å²) < 4.78 is 0. The van der Waals surface area contributed by atoms with E-state index in [1.807, 2.05) is 54.6 Å². The van der Waals surface area contributed by atoms with Gasteiger partial charge in [0.1, 0.15) is 6.33 Å². The number of anilines is 4. The van der Waals surface area contributed by atoms with Gasteiger partial charge < -0.3 is 21.3 Å². The zero-order valence-electron chi connectivity index (χ0n) is 14.7. The lowest BCUT2D eigenvalue weighted by Crippen LogP contribution is -2.28. The summed E-state index contributed by atoms with van der Waals surface area (Å²) in [6.07, 6.45) is 2.46. The molecule has 0 saturated carbocycles. The maximum Gasteiger partial charge on any atom is 0.319 e. The fourth-order valence-electron chi connectivity index (χ4n) is 2.96. The number of carbonyl (C=O) groups is 1. The lowest BCUT2D eigenvalue weighted by molar-refractivity contribution is 0.251. The van der Waals surface area contributed by atoms with Gasteiger partial charge in [-0.1, -0.05) is 36.4 Å². The normalized spacial score (nSPS) is 12.0. The van der Waals surface area contributed by atoms with Crippen molar-refractivity contribution in [3.05, 3.63) is 72.2 Å². The molecule has 0 aliphatic carbocycles. The van der Waals surface area contributed by atoms with Gasteiger partial charge in [-0.25, -0.2) is 14.8 Å². The van der Waals surface area contributed by atoms with E-state index in [9.17, 15) is 4.79 Å². The summed E-state index contributed by atoms with van der Waals surface area (Å²) >= 11 is 0. The molecule has 7 heteroatoms. The van der Waals surface area contributed by atoms with Gasteiger partial charge in [-0.05, 0) is 23.8 Å². The molecular formula is C20H20N6O. The lowest BCUT2D eigenvalue weighted by atomic mass is 10.2. The Balaban J connectivity index is 1.39. The van der Waals surface area contributed by atoms with Crippen molar-refractivity contribution in [3.63, 3.8) is 0 Å². The number of carbonyl (C=O) groups excluding carboxylic acids is 1. The number of rotatable bonds is 5. The van der Waals surface area contributed by atoms with E-state index in [1.54, 1.807) is 6.33 Å². The second-order valence-electron chi connectivity index (χ2n) is 6.22. The Morgan fingerprint density at radius 2 is 1.89 bits per heavy atom. The predicted octanol–water partition coefficient (Wildman–Crippen LogP) is 3.51. The number of amides is 2. The second kappa shape index (κ2) is 7.74. The Labute approximate surface area is 157 Å². The van der Waals surface area contributed by atoms with Gasteiger partial charge in [0.15, 0.2) is 5.82 Å². The zero-order valence-corrected chi connectivity index (χ0v) is 14.7. The molecule has 1 aliphatic rings. The third-order valence-corrected chi connectivity index (χ3v) is 4.27. The molecule has 2 amide bonds. The number of urea groups is 1. The number of hydrogen-bond donors (Lipinski definition) is 4.